The van der Waals surface area contributed by atoms with Gasteiger partial charge in [0.15, 0.2) is 5.96 Å². The second kappa shape index (κ2) is 10.7. The molecule has 6 nitrogen and oxygen atoms in total. The molecule has 2 heterocycles. The molecule has 0 amide bonds. The third-order valence-corrected chi connectivity index (χ3v) is 4.95. The Hall–Kier alpha value is -2.60. The SMILES string of the molecule is CN=C(NCc1ccc(OCCOC)nc1)N1CCC(Cc2ccccc2)C1. The van der Waals surface area contributed by atoms with Crippen molar-refractivity contribution in [3.05, 3.63) is 59.8 Å². The van der Waals surface area contributed by atoms with Crippen molar-refractivity contribution in [1.82, 2.24) is 15.2 Å². The highest BCUT2D eigenvalue weighted by Gasteiger charge is 2.24. The molecule has 1 saturated heterocycles. The lowest BCUT2D eigenvalue weighted by atomic mass is 9.99. The van der Waals surface area contributed by atoms with E-state index in [0.717, 1.165) is 31.0 Å². The second-order valence-electron chi connectivity index (χ2n) is 7.04. The van der Waals surface area contributed by atoms with Crippen LogP contribution < -0.4 is 10.1 Å². The number of benzene rings is 1. The van der Waals surface area contributed by atoms with Crippen LogP contribution in [0.1, 0.15) is 17.5 Å². The summed E-state index contributed by atoms with van der Waals surface area (Å²) < 4.78 is 10.5. The molecule has 6 heteroatoms. The van der Waals surface area contributed by atoms with Crippen LogP contribution >= 0.6 is 0 Å². The van der Waals surface area contributed by atoms with Gasteiger partial charge in [-0.25, -0.2) is 4.98 Å². The van der Waals surface area contributed by atoms with Gasteiger partial charge in [-0.15, -0.1) is 0 Å². The number of rotatable bonds is 8. The lowest BCUT2D eigenvalue weighted by molar-refractivity contribution is 0.143. The van der Waals surface area contributed by atoms with Gasteiger partial charge in [-0.3, -0.25) is 4.99 Å². The molecule has 2 aromatic rings. The molecule has 0 aliphatic carbocycles. The topological polar surface area (TPSA) is 59.0 Å². The van der Waals surface area contributed by atoms with Gasteiger partial charge in [0.25, 0.3) is 0 Å². The summed E-state index contributed by atoms with van der Waals surface area (Å²) in [6, 6.07) is 14.6. The summed E-state index contributed by atoms with van der Waals surface area (Å²) in [6.07, 6.45) is 4.16. The molecule has 0 spiro atoms. The van der Waals surface area contributed by atoms with Gasteiger partial charge >= 0.3 is 0 Å². The van der Waals surface area contributed by atoms with Crippen molar-refractivity contribution < 1.29 is 9.47 Å². The predicted molar refractivity (Wildman–Crippen MR) is 112 cm³/mol. The zero-order valence-electron chi connectivity index (χ0n) is 16.8. The fraction of sp³-hybridized carbons (Fsp3) is 0.455. The Morgan fingerprint density at radius 1 is 1.18 bits per heavy atom. The summed E-state index contributed by atoms with van der Waals surface area (Å²) in [7, 11) is 3.50. The molecule has 1 N–H and O–H groups in total. The molecule has 1 aromatic carbocycles. The molecule has 1 fully saturated rings. The minimum atomic E-state index is 0.507. The minimum absolute atomic E-state index is 0.507. The van der Waals surface area contributed by atoms with Gasteiger partial charge in [0.05, 0.1) is 6.61 Å². The molecule has 3 rings (SSSR count). The van der Waals surface area contributed by atoms with Crippen LogP contribution in [-0.4, -0.2) is 56.3 Å². The Kier molecular flexibility index (Phi) is 7.67. The Labute approximate surface area is 167 Å². The third kappa shape index (κ3) is 5.96. The van der Waals surface area contributed by atoms with Crippen molar-refractivity contribution in [1.29, 1.82) is 0 Å². The zero-order chi connectivity index (χ0) is 19.6. The number of ether oxygens (including phenoxy) is 2. The molecule has 150 valence electrons. The highest BCUT2D eigenvalue weighted by atomic mass is 16.5. The van der Waals surface area contributed by atoms with Crippen molar-refractivity contribution >= 4 is 5.96 Å². The van der Waals surface area contributed by atoms with Gasteiger partial charge in [0.1, 0.15) is 6.61 Å². The minimum Gasteiger partial charge on any atom is -0.475 e. The summed E-state index contributed by atoms with van der Waals surface area (Å²) in [4.78, 5) is 11.2. The molecule has 0 bridgehead atoms. The van der Waals surface area contributed by atoms with Crippen molar-refractivity contribution in [3.8, 4) is 5.88 Å². The maximum atomic E-state index is 5.50. The van der Waals surface area contributed by atoms with Gasteiger partial charge in [-0.05, 0) is 29.9 Å². The lowest BCUT2D eigenvalue weighted by Gasteiger charge is -2.22. The van der Waals surface area contributed by atoms with Crippen molar-refractivity contribution in [2.45, 2.75) is 19.4 Å². The van der Waals surface area contributed by atoms with E-state index in [4.69, 9.17) is 9.47 Å². The fourth-order valence-electron chi connectivity index (χ4n) is 3.48. The number of methoxy groups -OCH3 is 1. The summed E-state index contributed by atoms with van der Waals surface area (Å²) in [5, 5.41) is 3.46. The quantitative estimate of drug-likeness (QED) is 0.432. The van der Waals surface area contributed by atoms with Crippen LogP contribution in [0.25, 0.3) is 0 Å². The van der Waals surface area contributed by atoms with Crippen LogP contribution in [-0.2, 0) is 17.7 Å². The van der Waals surface area contributed by atoms with Crippen LogP contribution in [0, 0.1) is 5.92 Å². The molecule has 1 aromatic heterocycles. The summed E-state index contributed by atoms with van der Waals surface area (Å²) in [5.74, 6) is 2.25. The van der Waals surface area contributed by atoms with Crippen LogP contribution in [0.15, 0.2) is 53.7 Å². The molecule has 1 atom stereocenters. The normalized spacial score (nSPS) is 17.0. The molecule has 1 unspecified atom stereocenters. The van der Waals surface area contributed by atoms with E-state index >= 15 is 0 Å². The van der Waals surface area contributed by atoms with Gasteiger partial charge in [0.2, 0.25) is 5.88 Å². The standard InChI is InChI=1S/C22H30N4O2/c1-23-22(25-16-20-8-9-21(24-15-20)28-13-12-27-2)26-11-10-19(17-26)14-18-6-4-3-5-7-18/h3-9,15,19H,10-14,16-17H2,1-2H3,(H,23,25). The average molecular weight is 383 g/mol. The van der Waals surface area contributed by atoms with Gasteiger partial charge in [0, 0.05) is 46.1 Å². The number of nitrogens with zero attached hydrogens (tertiary/aromatic N) is 3. The monoisotopic (exact) mass is 382 g/mol. The highest BCUT2D eigenvalue weighted by Crippen LogP contribution is 2.21. The van der Waals surface area contributed by atoms with Crippen molar-refractivity contribution in [2.24, 2.45) is 10.9 Å². The van der Waals surface area contributed by atoms with Gasteiger partial charge < -0.3 is 19.7 Å². The number of pyridine rings is 1. The van der Waals surface area contributed by atoms with Gasteiger partial charge in [-0.1, -0.05) is 36.4 Å². The second-order valence-corrected chi connectivity index (χ2v) is 7.04. The zero-order valence-corrected chi connectivity index (χ0v) is 16.8. The summed E-state index contributed by atoms with van der Waals surface area (Å²) in [5.41, 5.74) is 2.51. The highest BCUT2D eigenvalue weighted by molar-refractivity contribution is 5.80. The van der Waals surface area contributed by atoms with E-state index in [9.17, 15) is 0 Å². The molecule has 28 heavy (non-hydrogen) atoms. The number of hydrogen-bond acceptors (Lipinski definition) is 4. The Bertz CT molecular complexity index is 734. The maximum absolute atomic E-state index is 5.50. The first-order valence-corrected chi connectivity index (χ1v) is 9.84. The van der Waals surface area contributed by atoms with E-state index in [2.05, 4.69) is 50.5 Å². The molecular weight excluding hydrogens is 352 g/mol. The van der Waals surface area contributed by atoms with Crippen LogP contribution in [0.2, 0.25) is 0 Å². The predicted octanol–water partition coefficient (Wildman–Crippen LogP) is 2.75. The van der Waals surface area contributed by atoms with E-state index in [1.807, 2.05) is 25.4 Å². The van der Waals surface area contributed by atoms with E-state index in [-0.39, 0.29) is 0 Å². The first-order valence-electron chi connectivity index (χ1n) is 9.84. The van der Waals surface area contributed by atoms with Crippen LogP contribution in [0.3, 0.4) is 0 Å². The average Bonchev–Trinajstić information content (AvgIpc) is 3.19. The number of aliphatic imine (C=N–C) groups is 1. The molecular formula is C22H30N4O2. The third-order valence-electron chi connectivity index (χ3n) is 4.95. The van der Waals surface area contributed by atoms with E-state index < -0.39 is 0 Å². The Morgan fingerprint density at radius 2 is 2.04 bits per heavy atom. The van der Waals surface area contributed by atoms with Crippen LogP contribution in [0.4, 0.5) is 0 Å². The van der Waals surface area contributed by atoms with Crippen molar-refractivity contribution in [3.63, 3.8) is 0 Å². The van der Waals surface area contributed by atoms with E-state index in [1.54, 1.807) is 7.11 Å². The summed E-state index contributed by atoms with van der Waals surface area (Å²) >= 11 is 0. The lowest BCUT2D eigenvalue weighted by Crippen LogP contribution is -2.39. The van der Waals surface area contributed by atoms with Crippen LogP contribution in [0.5, 0.6) is 5.88 Å². The Morgan fingerprint density at radius 3 is 2.75 bits per heavy atom. The van der Waals surface area contributed by atoms with E-state index in [1.165, 1.54) is 12.0 Å². The number of aromatic nitrogens is 1. The molecule has 0 saturated carbocycles. The molecule has 1 aliphatic rings. The fourth-order valence-corrected chi connectivity index (χ4v) is 3.48. The number of guanidine groups is 1. The first-order chi connectivity index (χ1) is 13.8. The smallest absolute Gasteiger partial charge is 0.213 e. The number of likely N-dealkylation sites (tertiary alicyclic amines) is 1. The van der Waals surface area contributed by atoms with E-state index in [0.29, 0.717) is 31.6 Å². The number of nitrogens with one attached hydrogen (secondary N) is 1. The Balaban J connectivity index is 1.46. The molecule has 1 aliphatic heterocycles. The first kappa shape index (κ1) is 20.1. The largest absolute Gasteiger partial charge is 0.475 e. The maximum Gasteiger partial charge on any atom is 0.213 e. The molecule has 0 radical (unpaired) electrons. The summed E-state index contributed by atoms with van der Waals surface area (Å²) in [6.45, 7) is 3.84. The van der Waals surface area contributed by atoms with Gasteiger partial charge in [-0.2, -0.15) is 0 Å². The van der Waals surface area contributed by atoms with Crippen molar-refractivity contribution in [2.75, 3.05) is 40.5 Å². The number of hydrogen-bond donors (Lipinski definition) is 1.